The number of nitrogens with zero attached hydrogens (tertiary/aromatic N) is 1. The summed E-state index contributed by atoms with van der Waals surface area (Å²) in [6.07, 6.45) is 3.46. The van der Waals surface area contributed by atoms with Crippen molar-refractivity contribution in [1.82, 2.24) is 10.3 Å². The fraction of sp³-hybridized carbons (Fsp3) is 0.368. The highest BCUT2D eigenvalue weighted by molar-refractivity contribution is 9.10. The first-order chi connectivity index (χ1) is 12.5. The number of ether oxygens (including phenoxy) is 1. The Balaban J connectivity index is 1.69. The SMILES string of the molecule is Cc1cc(Br)cnc1NC(=S)NCC1(c2ccc(F)cc2)CCOCC1. The van der Waals surface area contributed by atoms with Crippen LogP contribution in [-0.4, -0.2) is 29.9 Å². The normalized spacial score (nSPS) is 16.1. The summed E-state index contributed by atoms with van der Waals surface area (Å²) in [5, 5.41) is 6.99. The van der Waals surface area contributed by atoms with E-state index in [2.05, 4.69) is 31.5 Å². The van der Waals surface area contributed by atoms with Crippen LogP contribution in [0.1, 0.15) is 24.0 Å². The number of anilines is 1. The van der Waals surface area contributed by atoms with Crippen molar-refractivity contribution in [2.24, 2.45) is 0 Å². The summed E-state index contributed by atoms with van der Waals surface area (Å²) in [6.45, 7) is 4.00. The molecule has 1 aliphatic heterocycles. The molecule has 0 spiro atoms. The summed E-state index contributed by atoms with van der Waals surface area (Å²) in [5.41, 5.74) is 1.98. The summed E-state index contributed by atoms with van der Waals surface area (Å²) in [6, 6.07) is 8.73. The van der Waals surface area contributed by atoms with E-state index in [4.69, 9.17) is 17.0 Å². The molecule has 0 amide bonds. The van der Waals surface area contributed by atoms with Gasteiger partial charge < -0.3 is 15.4 Å². The van der Waals surface area contributed by atoms with Crippen molar-refractivity contribution >= 4 is 39.1 Å². The predicted octanol–water partition coefficient (Wildman–Crippen LogP) is 4.33. The van der Waals surface area contributed by atoms with Crippen molar-refractivity contribution in [3.63, 3.8) is 0 Å². The Morgan fingerprint density at radius 1 is 1.31 bits per heavy atom. The topological polar surface area (TPSA) is 46.2 Å². The van der Waals surface area contributed by atoms with Gasteiger partial charge in [0.15, 0.2) is 5.11 Å². The third-order valence-corrected chi connectivity index (χ3v) is 5.45. The molecule has 1 aromatic carbocycles. The van der Waals surface area contributed by atoms with Gasteiger partial charge in [0.1, 0.15) is 11.6 Å². The van der Waals surface area contributed by atoms with E-state index in [1.54, 1.807) is 6.20 Å². The molecule has 0 atom stereocenters. The molecule has 0 saturated carbocycles. The van der Waals surface area contributed by atoms with Gasteiger partial charge in [0, 0.05) is 35.8 Å². The van der Waals surface area contributed by atoms with Crippen LogP contribution in [0, 0.1) is 12.7 Å². The second-order valence-electron chi connectivity index (χ2n) is 6.53. The molecule has 4 nitrogen and oxygen atoms in total. The number of thiocarbonyl (C=S) groups is 1. The number of aromatic nitrogens is 1. The quantitative estimate of drug-likeness (QED) is 0.697. The molecule has 2 heterocycles. The van der Waals surface area contributed by atoms with Crippen LogP contribution >= 0.6 is 28.1 Å². The summed E-state index contributed by atoms with van der Waals surface area (Å²) >= 11 is 8.86. The number of hydrogen-bond donors (Lipinski definition) is 2. The van der Waals surface area contributed by atoms with Crippen LogP contribution in [0.4, 0.5) is 10.2 Å². The zero-order valence-electron chi connectivity index (χ0n) is 14.5. The Labute approximate surface area is 166 Å². The lowest BCUT2D eigenvalue weighted by atomic mass is 9.74. The van der Waals surface area contributed by atoms with E-state index in [9.17, 15) is 4.39 Å². The average Bonchev–Trinajstić information content (AvgIpc) is 2.64. The van der Waals surface area contributed by atoms with Gasteiger partial charge in [0.05, 0.1) is 0 Å². The number of nitrogens with one attached hydrogen (secondary N) is 2. The number of benzene rings is 1. The highest BCUT2D eigenvalue weighted by Gasteiger charge is 2.34. The van der Waals surface area contributed by atoms with Gasteiger partial charge in [-0.25, -0.2) is 9.37 Å². The largest absolute Gasteiger partial charge is 0.381 e. The van der Waals surface area contributed by atoms with E-state index in [0.29, 0.717) is 24.9 Å². The molecule has 3 rings (SSSR count). The molecule has 2 aromatic rings. The Morgan fingerprint density at radius 2 is 2.00 bits per heavy atom. The van der Waals surface area contributed by atoms with Crippen molar-refractivity contribution in [2.45, 2.75) is 25.2 Å². The lowest BCUT2D eigenvalue weighted by Gasteiger charge is -2.38. The standard InChI is InChI=1S/C19H21BrFN3OS/c1-13-10-15(20)11-22-17(13)24-18(26)23-12-19(6-8-25-9-7-19)14-2-4-16(21)5-3-14/h2-5,10-11H,6-9,12H2,1H3,(H2,22,23,24,26). The Kier molecular flexibility index (Phi) is 6.21. The molecule has 0 unspecified atom stereocenters. The van der Waals surface area contributed by atoms with Gasteiger partial charge in [-0.05, 0) is 77.2 Å². The average molecular weight is 438 g/mol. The first-order valence-electron chi connectivity index (χ1n) is 8.49. The second kappa shape index (κ2) is 8.41. The Morgan fingerprint density at radius 3 is 2.65 bits per heavy atom. The first kappa shape index (κ1) is 19.2. The number of aryl methyl sites for hydroxylation is 1. The number of rotatable bonds is 4. The zero-order chi connectivity index (χ0) is 18.6. The minimum atomic E-state index is -0.224. The lowest BCUT2D eigenvalue weighted by Crippen LogP contribution is -2.45. The molecule has 2 N–H and O–H groups in total. The smallest absolute Gasteiger partial charge is 0.171 e. The van der Waals surface area contributed by atoms with Crippen LogP contribution in [0.3, 0.4) is 0 Å². The van der Waals surface area contributed by atoms with E-state index < -0.39 is 0 Å². The molecule has 26 heavy (non-hydrogen) atoms. The maximum Gasteiger partial charge on any atom is 0.171 e. The second-order valence-corrected chi connectivity index (χ2v) is 7.85. The summed E-state index contributed by atoms with van der Waals surface area (Å²) in [7, 11) is 0. The molecule has 7 heteroatoms. The maximum atomic E-state index is 13.3. The van der Waals surface area contributed by atoms with Gasteiger partial charge >= 0.3 is 0 Å². The first-order valence-corrected chi connectivity index (χ1v) is 9.69. The minimum Gasteiger partial charge on any atom is -0.381 e. The molecule has 0 aliphatic carbocycles. The fourth-order valence-electron chi connectivity index (χ4n) is 3.21. The minimum absolute atomic E-state index is 0.125. The number of halogens is 2. The van der Waals surface area contributed by atoms with Crippen molar-refractivity contribution in [3.05, 3.63) is 57.9 Å². The summed E-state index contributed by atoms with van der Waals surface area (Å²) in [4.78, 5) is 4.35. The third kappa shape index (κ3) is 4.58. The molecule has 0 bridgehead atoms. The molecule has 1 fully saturated rings. The van der Waals surface area contributed by atoms with Gasteiger partial charge in [-0.1, -0.05) is 12.1 Å². The predicted molar refractivity (Wildman–Crippen MR) is 109 cm³/mol. The lowest BCUT2D eigenvalue weighted by molar-refractivity contribution is 0.0515. The van der Waals surface area contributed by atoms with Crippen molar-refractivity contribution in [2.75, 3.05) is 25.1 Å². The molecule has 1 aliphatic rings. The monoisotopic (exact) mass is 437 g/mol. The number of hydrogen-bond acceptors (Lipinski definition) is 3. The van der Waals surface area contributed by atoms with Crippen LogP contribution < -0.4 is 10.6 Å². The van der Waals surface area contributed by atoms with Crippen LogP contribution in [-0.2, 0) is 10.2 Å². The fourth-order valence-corrected chi connectivity index (χ4v) is 3.82. The van der Waals surface area contributed by atoms with Gasteiger partial charge in [-0.3, -0.25) is 0 Å². The van der Waals surface area contributed by atoms with E-state index in [1.807, 2.05) is 25.1 Å². The van der Waals surface area contributed by atoms with Crippen molar-refractivity contribution in [3.8, 4) is 0 Å². The summed E-state index contributed by atoms with van der Waals surface area (Å²) in [5.74, 6) is 0.506. The highest BCUT2D eigenvalue weighted by Crippen LogP contribution is 2.34. The third-order valence-electron chi connectivity index (χ3n) is 4.77. The van der Waals surface area contributed by atoms with E-state index in [0.717, 1.165) is 34.3 Å². The van der Waals surface area contributed by atoms with Crippen LogP contribution in [0.15, 0.2) is 41.0 Å². The molecule has 1 aromatic heterocycles. The molecular weight excluding hydrogens is 417 g/mol. The molecule has 0 radical (unpaired) electrons. The van der Waals surface area contributed by atoms with Crippen LogP contribution in [0.25, 0.3) is 0 Å². The Bertz CT molecular complexity index is 779. The van der Waals surface area contributed by atoms with Crippen molar-refractivity contribution in [1.29, 1.82) is 0 Å². The van der Waals surface area contributed by atoms with Gasteiger partial charge in [-0.15, -0.1) is 0 Å². The summed E-state index contributed by atoms with van der Waals surface area (Å²) < 4.78 is 19.8. The molecule has 138 valence electrons. The van der Waals surface area contributed by atoms with Gasteiger partial charge in [-0.2, -0.15) is 0 Å². The van der Waals surface area contributed by atoms with Crippen LogP contribution in [0.5, 0.6) is 0 Å². The van der Waals surface area contributed by atoms with Gasteiger partial charge in [0.25, 0.3) is 0 Å². The zero-order valence-corrected chi connectivity index (χ0v) is 16.9. The van der Waals surface area contributed by atoms with E-state index in [1.165, 1.54) is 12.1 Å². The molecular formula is C19H21BrFN3OS. The molecule has 1 saturated heterocycles. The maximum absolute atomic E-state index is 13.3. The van der Waals surface area contributed by atoms with Crippen LogP contribution in [0.2, 0.25) is 0 Å². The Hall–Kier alpha value is -1.57. The number of pyridine rings is 1. The highest BCUT2D eigenvalue weighted by atomic mass is 79.9. The van der Waals surface area contributed by atoms with E-state index >= 15 is 0 Å². The van der Waals surface area contributed by atoms with Gasteiger partial charge in [0.2, 0.25) is 0 Å². The van der Waals surface area contributed by atoms with E-state index in [-0.39, 0.29) is 11.2 Å². The van der Waals surface area contributed by atoms with Crippen molar-refractivity contribution < 1.29 is 9.13 Å².